The first kappa shape index (κ1) is 16.0. The number of imidazole rings is 1. The fourth-order valence-corrected chi connectivity index (χ4v) is 4.27. The van der Waals surface area contributed by atoms with Gasteiger partial charge in [-0.15, -0.1) is 0 Å². The maximum absolute atomic E-state index is 6.09. The van der Waals surface area contributed by atoms with E-state index in [0.29, 0.717) is 12.1 Å². The molecule has 0 bridgehead atoms. The van der Waals surface area contributed by atoms with Gasteiger partial charge in [-0.2, -0.15) is 0 Å². The van der Waals surface area contributed by atoms with E-state index in [-0.39, 0.29) is 0 Å². The van der Waals surface area contributed by atoms with Gasteiger partial charge < -0.3 is 9.14 Å². The van der Waals surface area contributed by atoms with Crippen molar-refractivity contribution in [3.05, 3.63) is 72.2 Å². The second-order valence-electron chi connectivity index (χ2n) is 7.33. The van der Waals surface area contributed by atoms with Crippen molar-refractivity contribution in [2.24, 2.45) is 0 Å². The number of rotatable bonds is 4. The molecule has 0 aliphatic carbocycles. The highest BCUT2D eigenvalue weighted by molar-refractivity contribution is 5.39. The molecule has 134 valence electrons. The van der Waals surface area contributed by atoms with Gasteiger partial charge in [0.15, 0.2) is 0 Å². The van der Waals surface area contributed by atoms with Crippen molar-refractivity contribution < 1.29 is 4.74 Å². The molecule has 2 fully saturated rings. The van der Waals surface area contributed by atoms with Crippen LogP contribution in [0.2, 0.25) is 0 Å². The van der Waals surface area contributed by atoms with Gasteiger partial charge in [-0.25, -0.2) is 4.98 Å². The smallest absolute Gasteiger partial charge is 0.137 e. The lowest BCUT2D eigenvalue weighted by atomic mass is 10.1. The summed E-state index contributed by atoms with van der Waals surface area (Å²) < 4.78 is 8.18. The maximum Gasteiger partial charge on any atom is 0.137 e. The van der Waals surface area contributed by atoms with E-state index in [0.717, 1.165) is 50.7 Å². The second-order valence-corrected chi connectivity index (χ2v) is 7.33. The fraction of sp³-hybridized carbons (Fsp3) is 0.381. The Labute approximate surface area is 153 Å². The van der Waals surface area contributed by atoms with E-state index in [2.05, 4.69) is 63.0 Å². The molecule has 2 aliphatic rings. The van der Waals surface area contributed by atoms with E-state index < -0.39 is 0 Å². The molecule has 5 heteroatoms. The molecule has 0 radical (unpaired) electrons. The quantitative estimate of drug-likeness (QED) is 0.725. The van der Waals surface area contributed by atoms with Crippen LogP contribution in [0.3, 0.4) is 0 Å². The van der Waals surface area contributed by atoms with Crippen LogP contribution in [0, 0.1) is 0 Å². The van der Waals surface area contributed by atoms with Crippen molar-refractivity contribution in [1.29, 1.82) is 0 Å². The average Bonchev–Trinajstić information content (AvgIpc) is 3.26. The van der Waals surface area contributed by atoms with E-state index in [4.69, 9.17) is 9.72 Å². The topological polar surface area (TPSA) is 33.0 Å². The minimum Gasteiger partial charge on any atom is -0.374 e. The van der Waals surface area contributed by atoms with Crippen molar-refractivity contribution in [2.45, 2.75) is 25.2 Å². The van der Waals surface area contributed by atoms with E-state index in [1.54, 1.807) is 0 Å². The number of aromatic nitrogens is 2. The molecule has 2 aliphatic heterocycles. The molecule has 2 atom stereocenters. The van der Waals surface area contributed by atoms with Crippen LogP contribution in [-0.2, 0) is 17.8 Å². The van der Waals surface area contributed by atoms with Crippen LogP contribution < -0.4 is 0 Å². The monoisotopic (exact) mass is 348 g/mol. The Morgan fingerprint density at radius 2 is 1.88 bits per heavy atom. The number of ether oxygens (including phenoxy) is 1. The number of benzene rings is 1. The van der Waals surface area contributed by atoms with E-state index in [9.17, 15) is 0 Å². The molecule has 3 aromatic rings. The number of hydrogen-bond acceptors (Lipinski definition) is 4. The van der Waals surface area contributed by atoms with Crippen molar-refractivity contribution in [2.75, 3.05) is 26.2 Å². The first-order valence-corrected chi connectivity index (χ1v) is 9.40. The summed E-state index contributed by atoms with van der Waals surface area (Å²) in [5, 5.41) is 0. The lowest BCUT2D eigenvalue weighted by Crippen LogP contribution is -2.50. The van der Waals surface area contributed by atoms with Crippen LogP contribution >= 0.6 is 0 Å². The predicted octanol–water partition coefficient (Wildman–Crippen LogP) is 2.42. The van der Waals surface area contributed by atoms with Crippen molar-refractivity contribution in [3.63, 3.8) is 0 Å². The van der Waals surface area contributed by atoms with Gasteiger partial charge in [0, 0.05) is 45.1 Å². The Morgan fingerprint density at radius 3 is 2.77 bits per heavy atom. The number of fused-ring (bicyclic) bond motifs is 2. The summed E-state index contributed by atoms with van der Waals surface area (Å²) in [5.41, 5.74) is 3.53. The molecule has 0 amide bonds. The normalized spacial score (nSPS) is 24.2. The van der Waals surface area contributed by atoms with Crippen molar-refractivity contribution in [1.82, 2.24) is 19.2 Å². The molecule has 26 heavy (non-hydrogen) atoms. The highest BCUT2D eigenvalue weighted by atomic mass is 16.5. The second kappa shape index (κ2) is 6.83. The maximum atomic E-state index is 6.09. The number of morpholine rings is 1. The summed E-state index contributed by atoms with van der Waals surface area (Å²) in [6, 6.07) is 17.4. The lowest BCUT2D eigenvalue weighted by Gasteiger charge is -2.37. The Balaban J connectivity index is 1.28. The summed E-state index contributed by atoms with van der Waals surface area (Å²) in [7, 11) is 0. The zero-order valence-electron chi connectivity index (χ0n) is 14.9. The van der Waals surface area contributed by atoms with Gasteiger partial charge in [-0.05, 0) is 17.7 Å². The Bertz CT molecular complexity index is 845. The molecule has 0 N–H and O–H groups in total. The zero-order valence-corrected chi connectivity index (χ0v) is 14.9. The van der Waals surface area contributed by atoms with Gasteiger partial charge >= 0.3 is 0 Å². The Morgan fingerprint density at radius 1 is 1.00 bits per heavy atom. The van der Waals surface area contributed by atoms with E-state index in [1.807, 2.05) is 12.1 Å². The average molecular weight is 348 g/mol. The molecule has 1 aromatic carbocycles. The third kappa shape index (κ3) is 3.14. The Hall–Kier alpha value is -2.21. The minimum atomic E-state index is 0.310. The van der Waals surface area contributed by atoms with Crippen LogP contribution in [0.15, 0.2) is 60.9 Å². The molecule has 4 heterocycles. The van der Waals surface area contributed by atoms with Crippen LogP contribution in [0.5, 0.6) is 0 Å². The molecule has 2 unspecified atom stereocenters. The van der Waals surface area contributed by atoms with Gasteiger partial charge in [0.1, 0.15) is 5.65 Å². The summed E-state index contributed by atoms with van der Waals surface area (Å²) >= 11 is 0. The molecule has 5 rings (SSSR count). The minimum absolute atomic E-state index is 0.310. The summed E-state index contributed by atoms with van der Waals surface area (Å²) in [6.45, 7) is 5.77. The summed E-state index contributed by atoms with van der Waals surface area (Å²) in [4.78, 5) is 9.82. The molecular formula is C21H24N4O. The van der Waals surface area contributed by atoms with E-state index >= 15 is 0 Å². The molecular weight excluding hydrogens is 324 g/mol. The van der Waals surface area contributed by atoms with Gasteiger partial charge in [0.2, 0.25) is 0 Å². The SMILES string of the molecule is c1ccc(CN2CCOC3CN(Cc4cn5ccccc5n4)CC32)cc1. The lowest BCUT2D eigenvalue weighted by molar-refractivity contribution is -0.0504. The van der Waals surface area contributed by atoms with Gasteiger partial charge in [0.25, 0.3) is 0 Å². The van der Waals surface area contributed by atoms with Crippen LogP contribution in [0.25, 0.3) is 5.65 Å². The molecule has 0 spiro atoms. The fourth-order valence-electron chi connectivity index (χ4n) is 4.27. The van der Waals surface area contributed by atoms with Crippen molar-refractivity contribution >= 4 is 5.65 Å². The molecule has 0 saturated carbocycles. The molecule has 2 saturated heterocycles. The Kier molecular flexibility index (Phi) is 4.21. The first-order chi connectivity index (χ1) is 12.8. The number of likely N-dealkylation sites (tertiary alicyclic amines) is 1. The number of hydrogen-bond donors (Lipinski definition) is 0. The third-order valence-corrected chi connectivity index (χ3v) is 5.52. The number of nitrogens with zero attached hydrogens (tertiary/aromatic N) is 4. The van der Waals surface area contributed by atoms with Crippen molar-refractivity contribution in [3.8, 4) is 0 Å². The van der Waals surface area contributed by atoms with Gasteiger partial charge in [0.05, 0.1) is 24.4 Å². The molecule has 5 nitrogen and oxygen atoms in total. The highest BCUT2D eigenvalue weighted by Crippen LogP contribution is 2.25. The van der Waals surface area contributed by atoms with Crippen LogP contribution in [-0.4, -0.2) is 57.6 Å². The third-order valence-electron chi connectivity index (χ3n) is 5.52. The number of pyridine rings is 1. The van der Waals surface area contributed by atoms with Crippen LogP contribution in [0.1, 0.15) is 11.3 Å². The van der Waals surface area contributed by atoms with Gasteiger partial charge in [-0.1, -0.05) is 36.4 Å². The highest BCUT2D eigenvalue weighted by Gasteiger charge is 2.40. The van der Waals surface area contributed by atoms with Gasteiger partial charge in [-0.3, -0.25) is 9.80 Å². The summed E-state index contributed by atoms with van der Waals surface area (Å²) in [5.74, 6) is 0. The summed E-state index contributed by atoms with van der Waals surface area (Å²) in [6.07, 6.45) is 4.50. The van der Waals surface area contributed by atoms with E-state index in [1.165, 1.54) is 5.56 Å². The largest absolute Gasteiger partial charge is 0.374 e. The zero-order chi connectivity index (χ0) is 17.3. The first-order valence-electron chi connectivity index (χ1n) is 9.40. The predicted molar refractivity (Wildman–Crippen MR) is 101 cm³/mol. The standard InChI is InChI=1S/C21H24N4O/c1-2-6-17(7-3-1)12-24-10-11-26-20-16-23(15-19(20)24)13-18-14-25-9-5-4-8-21(25)22-18/h1-9,14,19-20H,10-13,15-16H2. The molecule has 2 aromatic heterocycles. The van der Waals surface area contributed by atoms with Crippen LogP contribution in [0.4, 0.5) is 0 Å².